The highest BCUT2D eigenvalue weighted by Gasteiger charge is 2.06. The summed E-state index contributed by atoms with van der Waals surface area (Å²) < 4.78 is 0. The molecule has 0 amide bonds. The maximum atomic E-state index is 10.9. The van der Waals surface area contributed by atoms with Crippen LogP contribution in [0.2, 0.25) is 5.02 Å². The number of nitrogens with zero attached hydrogens (tertiary/aromatic N) is 1. The summed E-state index contributed by atoms with van der Waals surface area (Å²) in [6.45, 7) is 0.452. The molecule has 0 radical (unpaired) electrons. The van der Waals surface area contributed by atoms with Crippen LogP contribution in [-0.2, 0) is 6.54 Å². The molecule has 4 nitrogen and oxygen atoms in total. The first kappa shape index (κ1) is 11.7. The van der Waals surface area contributed by atoms with Gasteiger partial charge in [-0.1, -0.05) is 29.0 Å². The van der Waals surface area contributed by atoms with Crippen LogP contribution in [0.3, 0.4) is 0 Å². The van der Waals surface area contributed by atoms with Gasteiger partial charge >= 0.3 is 4.87 Å². The number of nitrogens with one attached hydrogen (secondary N) is 2. The summed E-state index contributed by atoms with van der Waals surface area (Å²) >= 11 is 7.01. The molecule has 6 heteroatoms. The van der Waals surface area contributed by atoms with E-state index in [4.69, 9.17) is 16.9 Å². The number of thiazole rings is 1. The number of rotatable bonds is 3. The molecule has 0 saturated carbocycles. The third-order valence-corrected chi connectivity index (χ3v) is 3.20. The van der Waals surface area contributed by atoms with Crippen LogP contribution in [0.15, 0.2) is 28.4 Å². The van der Waals surface area contributed by atoms with E-state index in [2.05, 4.69) is 10.3 Å². The van der Waals surface area contributed by atoms with Crippen LogP contribution < -0.4 is 10.2 Å². The number of halogens is 1. The molecule has 17 heavy (non-hydrogen) atoms. The second kappa shape index (κ2) is 5.04. The summed E-state index contributed by atoms with van der Waals surface area (Å²) in [5, 5.41) is 14.2. The molecule has 2 aromatic rings. The molecule has 1 heterocycles. The minimum atomic E-state index is -0.0894. The molecule has 0 fully saturated rings. The van der Waals surface area contributed by atoms with Crippen molar-refractivity contribution in [3.63, 3.8) is 0 Å². The standard InChI is InChI=1S/C11H8ClN3OS/c12-9-2-1-3-10(8(9)4-13)14-5-7-6-17-11(16)15-7/h1-3,6,14H,5H2,(H,15,16). The van der Waals surface area contributed by atoms with E-state index in [1.165, 1.54) is 0 Å². The molecule has 0 spiro atoms. The Bertz CT molecular complexity index is 626. The molecule has 0 bridgehead atoms. The first-order chi connectivity index (χ1) is 8.20. The molecule has 0 aliphatic heterocycles. The molecular formula is C11H8ClN3OS. The van der Waals surface area contributed by atoms with E-state index < -0.39 is 0 Å². The van der Waals surface area contributed by atoms with Gasteiger partial charge in [-0.25, -0.2) is 0 Å². The van der Waals surface area contributed by atoms with Crippen molar-refractivity contribution in [1.29, 1.82) is 5.26 Å². The number of hydrogen-bond donors (Lipinski definition) is 2. The normalized spacial score (nSPS) is 9.88. The smallest absolute Gasteiger partial charge is 0.304 e. The van der Waals surface area contributed by atoms with Crippen LogP contribution in [0.1, 0.15) is 11.3 Å². The van der Waals surface area contributed by atoms with Gasteiger partial charge in [0, 0.05) is 11.1 Å². The molecule has 2 N–H and O–H groups in total. The highest BCUT2D eigenvalue weighted by Crippen LogP contribution is 2.23. The van der Waals surface area contributed by atoms with Crippen LogP contribution in [0, 0.1) is 11.3 Å². The minimum absolute atomic E-state index is 0.0894. The zero-order valence-electron chi connectivity index (χ0n) is 8.66. The lowest BCUT2D eigenvalue weighted by Crippen LogP contribution is -2.04. The van der Waals surface area contributed by atoms with Crippen molar-refractivity contribution in [2.45, 2.75) is 6.54 Å². The van der Waals surface area contributed by atoms with E-state index in [1.807, 2.05) is 6.07 Å². The first-order valence-corrected chi connectivity index (χ1v) is 6.05. The molecule has 86 valence electrons. The Morgan fingerprint density at radius 3 is 3.00 bits per heavy atom. The average molecular weight is 266 g/mol. The predicted octanol–water partition coefficient (Wildman–Crippen LogP) is 2.57. The van der Waals surface area contributed by atoms with Crippen molar-refractivity contribution in [2.24, 2.45) is 0 Å². The fraction of sp³-hybridized carbons (Fsp3) is 0.0909. The topological polar surface area (TPSA) is 68.7 Å². The molecule has 1 aromatic heterocycles. The van der Waals surface area contributed by atoms with Crippen LogP contribution in [0.4, 0.5) is 5.69 Å². The quantitative estimate of drug-likeness (QED) is 0.896. The van der Waals surface area contributed by atoms with Crippen LogP contribution >= 0.6 is 22.9 Å². The van der Waals surface area contributed by atoms with Gasteiger partial charge in [-0.05, 0) is 12.1 Å². The first-order valence-electron chi connectivity index (χ1n) is 4.80. The molecule has 0 saturated heterocycles. The van der Waals surface area contributed by atoms with Crippen molar-refractivity contribution in [1.82, 2.24) is 4.98 Å². The lowest BCUT2D eigenvalue weighted by molar-refractivity contribution is 1.06. The maximum absolute atomic E-state index is 10.9. The van der Waals surface area contributed by atoms with Gasteiger partial charge in [0.1, 0.15) is 6.07 Å². The molecule has 0 unspecified atom stereocenters. The van der Waals surface area contributed by atoms with Crippen molar-refractivity contribution in [3.8, 4) is 6.07 Å². The SMILES string of the molecule is N#Cc1c(Cl)cccc1NCc1csc(=O)[nH]1. The summed E-state index contributed by atoms with van der Waals surface area (Å²) in [6, 6.07) is 7.24. The van der Waals surface area contributed by atoms with Crippen LogP contribution in [0.25, 0.3) is 0 Å². The minimum Gasteiger partial charge on any atom is -0.378 e. The monoisotopic (exact) mass is 265 g/mol. The van der Waals surface area contributed by atoms with Crippen molar-refractivity contribution in [2.75, 3.05) is 5.32 Å². The van der Waals surface area contributed by atoms with Gasteiger partial charge in [-0.15, -0.1) is 0 Å². The molecule has 0 aliphatic rings. The van der Waals surface area contributed by atoms with Crippen molar-refractivity contribution in [3.05, 3.63) is 49.5 Å². The van der Waals surface area contributed by atoms with E-state index in [-0.39, 0.29) is 4.87 Å². The molecule has 0 aliphatic carbocycles. The van der Waals surface area contributed by atoms with Crippen LogP contribution in [0.5, 0.6) is 0 Å². The van der Waals surface area contributed by atoms with Gasteiger partial charge in [0.25, 0.3) is 0 Å². The van der Waals surface area contributed by atoms with E-state index >= 15 is 0 Å². The molecule has 2 rings (SSSR count). The summed E-state index contributed by atoms with van der Waals surface area (Å²) in [7, 11) is 0. The Kier molecular flexibility index (Phi) is 3.47. The summed E-state index contributed by atoms with van der Waals surface area (Å²) in [6.07, 6.45) is 0. The number of hydrogen-bond acceptors (Lipinski definition) is 4. The number of anilines is 1. The number of aromatic nitrogens is 1. The summed E-state index contributed by atoms with van der Waals surface area (Å²) in [5.41, 5.74) is 1.85. The van der Waals surface area contributed by atoms with E-state index in [0.29, 0.717) is 22.8 Å². The van der Waals surface area contributed by atoms with Crippen molar-refractivity contribution >= 4 is 28.6 Å². The highest BCUT2D eigenvalue weighted by molar-refractivity contribution is 7.07. The van der Waals surface area contributed by atoms with E-state index in [9.17, 15) is 4.79 Å². The van der Waals surface area contributed by atoms with Gasteiger partial charge in [0.2, 0.25) is 0 Å². The van der Waals surface area contributed by atoms with Crippen molar-refractivity contribution < 1.29 is 0 Å². The molecule has 0 atom stereocenters. The van der Waals surface area contributed by atoms with E-state index in [1.54, 1.807) is 23.6 Å². The lowest BCUT2D eigenvalue weighted by atomic mass is 10.2. The summed E-state index contributed by atoms with van der Waals surface area (Å²) in [4.78, 5) is 13.5. The average Bonchev–Trinajstić information content (AvgIpc) is 2.72. The Morgan fingerprint density at radius 1 is 1.53 bits per heavy atom. The van der Waals surface area contributed by atoms with E-state index in [0.717, 1.165) is 17.0 Å². The maximum Gasteiger partial charge on any atom is 0.304 e. The van der Waals surface area contributed by atoms with Crippen LogP contribution in [-0.4, -0.2) is 4.98 Å². The van der Waals surface area contributed by atoms with Gasteiger partial charge in [0.05, 0.1) is 22.8 Å². The zero-order valence-corrected chi connectivity index (χ0v) is 10.2. The number of H-pyrrole nitrogens is 1. The van der Waals surface area contributed by atoms with Gasteiger partial charge in [-0.2, -0.15) is 5.26 Å². The Labute approximate surface area is 106 Å². The predicted molar refractivity (Wildman–Crippen MR) is 68.4 cm³/mol. The Morgan fingerprint density at radius 2 is 2.35 bits per heavy atom. The second-order valence-electron chi connectivity index (χ2n) is 3.30. The van der Waals surface area contributed by atoms with Gasteiger partial charge in [-0.3, -0.25) is 4.79 Å². The molecule has 1 aromatic carbocycles. The molecular weight excluding hydrogens is 258 g/mol. The Hall–Kier alpha value is -1.77. The largest absolute Gasteiger partial charge is 0.378 e. The third kappa shape index (κ3) is 2.67. The third-order valence-electron chi connectivity index (χ3n) is 2.17. The fourth-order valence-electron chi connectivity index (χ4n) is 1.38. The number of nitriles is 1. The highest BCUT2D eigenvalue weighted by atomic mass is 35.5. The zero-order chi connectivity index (χ0) is 12.3. The Balaban J connectivity index is 2.17. The number of benzene rings is 1. The lowest BCUT2D eigenvalue weighted by Gasteiger charge is -2.07. The number of aromatic amines is 1. The van der Waals surface area contributed by atoms with Gasteiger partial charge < -0.3 is 10.3 Å². The van der Waals surface area contributed by atoms with Gasteiger partial charge in [0.15, 0.2) is 0 Å². The second-order valence-corrected chi connectivity index (χ2v) is 4.55. The fourth-order valence-corrected chi connectivity index (χ4v) is 2.17. The summed E-state index contributed by atoms with van der Waals surface area (Å²) in [5.74, 6) is 0.